The highest BCUT2D eigenvalue weighted by Gasteiger charge is 2.36. The number of pyridine rings is 1. The molecular weight excluding hydrogens is 651 g/mol. The summed E-state index contributed by atoms with van der Waals surface area (Å²) in [5.74, 6) is -1.36. The Bertz CT molecular complexity index is 1610. The SMILES string of the molecule is C[C@@H](Oc1cc(Br)cnc1N(C(=O)OC(C)(C)C)C(=O)OC(C)(C)C)c1cc(F)ccc1C(=O)N(C)Cc1cc(C#N)n(C)n1. The lowest BCUT2D eigenvalue weighted by molar-refractivity contribution is 0.0426. The summed E-state index contributed by atoms with van der Waals surface area (Å²) in [6, 6.07) is 8.74. The number of nitrogens with zero attached hydrogens (tertiary/aromatic N) is 6. The van der Waals surface area contributed by atoms with E-state index in [2.05, 4.69) is 26.0 Å². The molecule has 12 nitrogen and oxygen atoms in total. The van der Waals surface area contributed by atoms with Crippen molar-refractivity contribution in [2.45, 2.75) is 72.3 Å². The van der Waals surface area contributed by atoms with Gasteiger partial charge in [0.2, 0.25) is 0 Å². The molecule has 2 heterocycles. The standard InChI is InChI=1S/C31H36BrFN6O6/c1-18(24-13-20(33)10-11-23(24)27(40)37(8)17-21-14-22(15-34)38(9)36-21)43-25-12-19(32)16-35-26(25)39(28(41)44-30(2,3)4)29(42)45-31(5,6)7/h10-14,16,18H,17H2,1-9H3/t18-/m1/s1. The van der Waals surface area contributed by atoms with E-state index in [9.17, 15) is 24.0 Å². The maximum atomic E-state index is 14.6. The van der Waals surface area contributed by atoms with E-state index in [1.807, 2.05) is 6.07 Å². The van der Waals surface area contributed by atoms with Crippen molar-refractivity contribution < 1.29 is 33.0 Å². The largest absolute Gasteiger partial charge is 0.482 e. The number of ether oxygens (including phenoxy) is 3. The fourth-order valence-electron chi connectivity index (χ4n) is 4.08. The number of imide groups is 1. The van der Waals surface area contributed by atoms with Gasteiger partial charge in [-0.2, -0.15) is 15.3 Å². The van der Waals surface area contributed by atoms with E-state index < -0.39 is 41.2 Å². The second-order valence-electron chi connectivity index (χ2n) is 12.2. The van der Waals surface area contributed by atoms with Gasteiger partial charge in [0.15, 0.2) is 11.6 Å². The van der Waals surface area contributed by atoms with E-state index >= 15 is 0 Å². The van der Waals surface area contributed by atoms with Crippen LogP contribution in [0.15, 0.2) is 41.0 Å². The number of anilines is 1. The van der Waals surface area contributed by atoms with Crippen LogP contribution in [0.2, 0.25) is 0 Å². The number of amides is 3. The third-order valence-corrected chi connectivity index (χ3v) is 6.37. The number of carbonyl (C=O) groups excluding carboxylic acids is 3. The maximum absolute atomic E-state index is 14.6. The molecule has 240 valence electrons. The Morgan fingerprint density at radius 1 is 1.07 bits per heavy atom. The van der Waals surface area contributed by atoms with Gasteiger partial charge in [-0.05, 0) is 94.7 Å². The molecule has 3 amide bonds. The molecule has 0 aliphatic carbocycles. The van der Waals surface area contributed by atoms with Crippen LogP contribution in [0.3, 0.4) is 0 Å². The Kier molecular flexibility index (Phi) is 10.6. The van der Waals surface area contributed by atoms with E-state index in [1.165, 1.54) is 34.0 Å². The van der Waals surface area contributed by atoms with Gasteiger partial charge in [0.25, 0.3) is 5.91 Å². The van der Waals surface area contributed by atoms with Crippen molar-refractivity contribution in [3.63, 3.8) is 0 Å². The maximum Gasteiger partial charge on any atom is 0.425 e. The Labute approximate surface area is 269 Å². The van der Waals surface area contributed by atoms with Crippen LogP contribution in [0.1, 0.15) is 81.9 Å². The van der Waals surface area contributed by atoms with Gasteiger partial charge in [-0.25, -0.2) is 19.0 Å². The van der Waals surface area contributed by atoms with Crippen molar-refractivity contribution in [3.8, 4) is 11.8 Å². The van der Waals surface area contributed by atoms with Crippen LogP contribution in [-0.2, 0) is 23.1 Å². The minimum Gasteiger partial charge on any atom is -0.482 e. The van der Waals surface area contributed by atoms with Gasteiger partial charge in [0.1, 0.15) is 34.9 Å². The van der Waals surface area contributed by atoms with Crippen molar-refractivity contribution in [2.75, 3.05) is 11.9 Å². The molecule has 0 bridgehead atoms. The summed E-state index contributed by atoms with van der Waals surface area (Å²) < 4.78 is 33.6. The molecule has 0 saturated carbocycles. The minimum absolute atomic E-state index is 0.0536. The summed E-state index contributed by atoms with van der Waals surface area (Å²) in [5.41, 5.74) is -0.765. The Balaban J connectivity index is 2.01. The molecule has 0 radical (unpaired) electrons. The normalized spacial score (nSPS) is 12.1. The predicted octanol–water partition coefficient (Wildman–Crippen LogP) is 6.68. The first-order valence-corrected chi connectivity index (χ1v) is 14.6. The summed E-state index contributed by atoms with van der Waals surface area (Å²) in [6.07, 6.45) is -1.74. The van der Waals surface area contributed by atoms with E-state index in [0.29, 0.717) is 20.8 Å². The first-order valence-electron chi connectivity index (χ1n) is 13.9. The average Bonchev–Trinajstić information content (AvgIpc) is 3.26. The fraction of sp³-hybridized carbons (Fsp3) is 0.419. The van der Waals surface area contributed by atoms with E-state index in [-0.39, 0.29) is 29.2 Å². The lowest BCUT2D eigenvalue weighted by Crippen LogP contribution is -2.44. The van der Waals surface area contributed by atoms with Crippen LogP contribution in [0, 0.1) is 17.1 Å². The summed E-state index contributed by atoms with van der Waals surface area (Å²) in [5, 5.41) is 13.5. The highest BCUT2D eigenvalue weighted by atomic mass is 79.9. The summed E-state index contributed by atoms with van der Waals surface area (Å²) in [7, 11) is 3.18. The van der Waals surface area contributed by atoms with E-state index in [0.717, 1.165) is 6.07 Å². The molecule has 1 aromatic carbocycles. The third-order valence-electron chi connectivity index (χ3n) is 5.94. The predicted molar refractivity (Wildman–Crippen MR) is 166 cm³/mol. The monoisotopic (exact) mass is 686 g/mol. The number of rotatable bonds is 7. The number of aryl methyl sites for hydroxylation is 1. The lowest BCUT2D eigenvalue weighted by atomic mass is 10.0. The second kappa shape index (κ2) is 13.6. The first kappa shape index (κ1) is 35.0. The van der Waals surface area contributed by atoms with Gasteiger partial charge < -0.3 is 19.1 Å². The van der Waals surface area contributed by atoms with Gasteiger partial charge in [-0.1, -0.05) is 0 Å². The van der Waals surface area contributed by atoms with Gasteiger partial charge in [-0.3, -0.25) is 9.48 Å². The molecule has 0 aliphatic rings. The Morgan fingerprint density at radius 2 is 1.67 bits per heavy atom. The van der Waals surface area contributed by atoms with Crippen LogP contribution in [-0.4, -0.2) is 56.0 Å². The van der Waals surface area contributed by atoms with E-state index in [1.54, 1.807) is 68.6 Å². The first-order chi connectivity index (χ1) is 20.8. The number of benzene rings is 1. The van der Waals surface area contributed by atoms with Crippen molar-refractivity contribution in [2.24, 2.45) is 7.05 Å². The van der Waals surface area contributed by atoms with E-state index in [4.69, 9.17) is 14.2 Å². The third kappa shape index (κ3) is 9.24. The second-order valence-corrected chi connectivity index (χ2v) is 13.1. The van der Waals surface area contributed by atoms with Gasteiger partial charge in [0.05, 0.1) is 12.2 Å². The number of aromatic nitrogens is 3. The van der Waals surface area contributed by atoms with Crippen molar-refractivity contribution >= 4 is 39.8 Å². The Hall–Kier alpha value is -4.51. The molecule has 3 aromatic rings. The quantitative estimate of drug-likeness (QED) is 0.266. The van der Waals surface area contributed by atoms with Crippen LogP contribution in [0.5, 0.6) is 5.75 Å². The molecule has 0 spiro atoms. The molecule has 0 saturated heterocycles. The number of carbonyl (C=O) groups is 3. The number of halogens is 2. The van der Waals surface area contributed by atoms with Gasteiger partial charge in [-0.15, -0.1) is 0 Å². The van der Waals surface area contributed by atoms with Gasteiger partial charge >= 0.3 is 12.2 Å². The van der Waals surface area contributed by atoms with Gasteiger partial charge in [0, 0.05) is 35.9 Å². The fourth-order valence-corrected chi connectivity index (χ4v) is 4.39. The average molecular weight is 688 g/mol. The molecule has 2 aromatic heterocycles. The number of hydrogen-bond donors (Lipinski definition) is 0. The molecule has 14 heteroatoms. The lowest BCUT2D eigenvalue weighted by Gasteiger charge is -2.29. The molecule has 0 fully saturated rings. The summed E-state index contributed by atoms with van der Waals surface area (Å²) >= 11 is 3.33. The zero-order valence-corrected chi connectivity index (χ0v) is 28.2. The van der Waals surface area contributed by atoms with Crippen molar-refractivity contribution in [1.82, 2.24) is 19.7 Å². The van der Waals surface area contributed by atoms with Crippen LogP contribution in [0.4, 0.5) is 19.8 Å². The Morgan fingerprint density at radius 3 is 2.20 bits per heavy atom. The minimum atomic E-state index is -1.05. The van der Waals surface area contributed by atoms with Crippen LogP contribution in [0.25, 0.3) is 0 Å². The molecule has 1 atom stereocenters. The summed E-state index contributed by atoms with van der Waals surface area (Å²) in [6.45, 7) is 11.5. The van der Waals surface area contributed by atoms with Crippen LogP contribution < -0.4 is 9.64 Å². The topological polar surface area (TPSA) is 140 Å². The van der Waals surface area contributed by atoms with Crippen molar-refractivity contribution in [3.05, 3.63) is 69.3 Å². The zero-order valence-electron chi connectivity index (χ0n) is 26.6. The smallest absolute Gasteiger partial charge is 0.425 e. The molecule has 0 aliphatic heterocycles. The molecule has 3 rings (SSSR count). The number of nitriles is 1. The zero-order chi connectivity index (χ0) is 33.9. The highest BCUT2D eigenvalue weighted by Crippen LogP contribution is 2.35. The molecule has 0 unspecified atom stereocenters. The van der Waals surface area contributed by atoms with Crippen LogP contribution >= 0.6 is 15.9 Å². The highest BCUT2D eigenvalue weighted by molar-refractivity contribution is 9.10. The number of hydrogen-bond acceptors (Lipinski definition) is 9. The van der Waals surface area contributed by atoms with Crippen molar-refractivity contribution in [1.29, 1.82) is 5.26 Å². The molecular formula is C31H36BrFN6O6. The molecule has 45 heavy (non-hydrogen) atoms. The molecule has 0 N–H and O–H groups in total. The summed E-state index contributed by atoms with van der Waals surface area (Å²) in [4.78, 5) is 46.5.